The Kier molecular flexibility index (Phi) is 5.20. The van der Waals surface area contributed by atoms with E-state index in [1.165, 1.54) is 0 Å². The number of imide groups is 2. The lowest BCUT2D eigenvalue weighted by molar-refractivity contribution is -0.145. The maximum absolute atomic E-state index is 13.6. The predicted octanol–water partition coefficient (Wildman–Crippen LogP) is 2.27. The fraction of sp³-hybridized carbons (Fsp3) is 0.444. The van der Waals surface area contributed by atoms with Crippen LogP contribution in [-0.4, -0.2) is 46.1 Å². The van der Waals surface area contributed by atoms with Crippen molar-refractivity contribution in [1.29, 1.82) is 0 Å². The monoisotopic (exact) mass is 379 g/mol. The van der Waals surface area contributed by atoms with Crippen LogP contribution in [0.1, 0.15) is 32.6 Å². The van der Waals surface area contributed by atoms with Gasteiger partial charge in [0, 0.05) is 12.1 Å². The van der Waals surface area contributed by atoms with Gasteiger partial charge in [-0.3, -0.25) is 19.3 Å². The molecule has 1 aromatic rings. The molecule has 2 aliphatic rings. The lowest BCUT2D eigenvalue weighted by Crippen LogP contribution is -2.46. The minimum Gasteiger partial charge on any atom is -0.322 e. The van der Waals surface area contributed by atoms with E-state index in [1.807, 2.05) is 6.92 Å². The second-order valence-corrected chi connectivity index (χ2v) is 6.85. The van der Waals surface area contributed by atoms with Crippen LogP contribution in [0.4, 0.5) is 19.3 Å². The molecule has 1 aromatic carbocycles. The van der Waals surface area contributed by atoms with Crippen molar-refractivity contribution in [3.05, 3.63) is 29.8 Å². The van der Waals surface area contributed by atoms with Crippen LogP contribution in [0.5, 0.6) is 0 Å². The van der Waals surface area contributed by atoms with Crippen molar-refractivity contribution in [3.63, 3.8) is 0 Å². The average Bonchev–Trinajstić information content (AvgIpc) is 2.82. The number of nitrogens with zero attached hydrogens (tertiary/aromatic N) is 2. The molecule has 7 nitrogen and oxygen atoms in total. The van der Waals surface area contributed by atoms with Crippen molar-refractivity contribution in [2.45, 2.75) is 38.6 Å². The van der Waals surface area contributed by atoms with E-state index >= 15 is 0 Å². The maximum Gasteiger partial charge on any atom is 0.334 e. The number of carbonyl (C=O) groups is 4. The van der Waals surface area contributed by atoms with E-state index in [4.69, 9.17) is 0 Å². The number of urea groups is 1. The SMILES string of the molecule is C[C@@H]1CCCC[C@H]1N1C(=O)C(=O)N(CC(=O)Nc2ccc(F)cc2F)C1=O. The molecule has 0 bridgehead atoms. The molecule has 0 spiro atoms. The van der Waals surface area contributed by atoms with E-state index in [0.717, 1.165) is 36.3 Å². The minimum absolute atomic E-state index is 0.0709. The first kappa shape index (κ1) is 18.9. The van der Waals surface area contributed by atoms with Gasteiger partial charge >= 0.3 is 17.8 Å². The predicted molar refractivity (Wildman–Crippen MR) is 90.4 cm³/mol. The van der Waals surface area contributed by atoms with Gasteiger partial charge in [-0.1, -0.05) is 19.8 Å². The molecule has 3 rings (SSSR count). The van der Waals surface area contributed by atoms with E-state index in [1.54, 1.807) is 0 Å². The molecule has 1 aliphatic carbocycles. The quantitative estimate of drug-likeness (QED) is 0.642. The summed E-state index contributed by atoms with van der Waals surface area (Å²) in [5.74, 6) is -4.61. The zero-order chi connectivity index (χ0) is 19.7. The molecule has 1 saturated heterocycles. The van der Waals surface area contributed by atoms with Gasteiger partial charge in [-0.25, -0.2) is 18.5 Å². The van der Waals surface area contributed by atoms with E-state index < -0.39 is 41.9 Å². The van der Waals surface area contributed by atoms with Crippen LogP contribution in [0, 0.1) is 17.6 Å². The Balaban J connectivity index is 1.71. The number of hydrogen-bond donors (Lipinski definition) is 1. The molecule has 0 radical (unpaired) electrons. The summed E-state index contributed by atoms with van der Waals surface area (Å²) in [7, 11) is 0. The van der Waals surface area contributed by atoms with Gasteiger partial charge in [0.25, 0.3) is 0 Å². The standard InChI is InChI=1S/C18H19F2N3O4/c1-10-4-2-3-5-14(10)23-17(26)16(25)22(18(23)27)9-15(24)21-13-7-6-11(19)8-12(13)20/h6-8,10,14H,2-5,9H2,1H3,(H,21,24)/t10-,14-/m1/s1. The van der Waals surface area contributed by atoms with Crippen LogP contribution < -0.4 is 5.32 Å². The molecule has 9 heteroatoms. The summed E-state index contributed by atoms with van der Waals surface area (Å²) in [6.07, 6.45) is 3.31. The number of halogens is 2. The molecule has 2 atom stereocenters. The Morgan fingerprint density at radius 3 is 2.52 bits per heavy atom. The summed E-state index contributed by atoms with van der Waals surface area (Å²) in [5, 5.41) is 2.17. The number of nitrogens with one attached hydrogen (secondary N) is 1. The zero-order valence-corrected chi connectivity index (χ0v) is 14.7. The molecular formula is C18H19F2N3O4. The highest BCUT2D eigenvalue weighted by atomic mass is 19.1. The second-order valence-electron chi connectivity index (χ2n) is 6.85. The van der Waals surface area contributed by atoms with Crippen LogP contribution in [0.2, 0.25) is 0 Å². The van der Waals surface area contributed by atoms with Gasteiger partial charge in [-0.15, -0.1) is 0 Å². The average molecular weight is 379 g/mol. The normalized spacial score (nSPS) is 23.1. The van der Waals surface area contributed by atoms with Gasteiger partial charge in [0.2, 0.25) is 5.91 Å². The minimum atomic E-state index is -1.08. The van der Waals surface area contributed by atoms with Crippen LogP contribution in [-0.2, 0) is 14.4 Å². The van der Waals surface area contributed by atoms with Crippen molar-refractivity contribution in [2.24, 2.45) is 5.92 Å². The third-order valence-electron chi connectivity index (χ3n) is 4.99. The summed E-state index contributed by atoms with van der Waals surface area (Å²) in [6.45, 7) is 1.19. The molecule has 144 valence electrons. The summed E-state index contributed by atoms with van der Waals surface area (Å²) in [5.41, 5.74) is -0.287. The highest BCUT2D eigenvalue weighted by Gasteiger charge is 2.49. The van der Waals surface area contributed by atoms with Gasteiger partial charge in [0.1, 0.15) is 18.2 Å². The number of amides is 5. The molecule has 2 fully saturated rings. The first-order valence-corrected chi connectivity index (χ1v) is 8.73. The lowest BCUT2D eigenvalue weighted by Gasteiger charge is -2.34. The van der Waals surface area contributed by atoms with Crippen LogP contribution in [0.15, 0.2) is 18.2 Å². The Bertz CT molecular complexity index is 814. The Morgan fingerprint density at radius 2 is 1.85 bits per heavy atom. The van der Waals surface area contributed by atoms with Crippen LogP contribution >= 0.6 is 0 Å². The second kappa shape index (κ2) is 7.42. The van der Waals surface area contributed by atoms with Crippen molar-refractivity contribution in [3.8, 4) is 0 Å². The number of carbonyl (C=O) groups excluding carboxylic acids is 4. The van der Waals surface area contributed by atoms with Gasteiger partial charge in [0.05, 0.1) is 5.69 Å². The molecule has 0 unspecified atom stereocenters. The zero-order valence-electron chi connectivity index (χ0n) is 14.7. The Labute approximate surface area is 154 Å². The topological polar surface area (TPSA) is 86.8 Å². The first-order chi connectivity index (χ1) is 12.8. The highest BCUT2D eigenvalue weighted by molar-refractivity contribution is 6.45. The molecule has 5 amide bonds. The largest absolute Gasteiger partial charge is 0.334 e. The first-order valence-electron chi connectivity index (χ1n) is 8.73. The fourth-order valence-corrected chi connectivity index (χ4v) is 3.56. The summed E-state index contributed by atoms with van der Waals surface area (Å²) >= 11 is 0. The molecule has 0 aromatic heterocycles. The maximum atomic E-state index is 13.6. The molecule has 1 aliphatic heterocycles. The summed E-state index contributed by atoms with van der Waals surface area (Å²) < 4.78 is 26.5. The van der Waals surface area contributed by atoms with Gasteiger partial charge < -0.3 is 5.32 Å². The number of anilines is 1. The van der Waals surface area contributed by atoms with Crippen LogP contribution in [0.3, 0.4) is 0 Å². The van der Waals surface area contributed by atoms with Crippen molar-refractivity contribution < 1.29 is 28.0 Å². The summed E-state index contributed by atoms with van der Waals surface area (Å²) in [6, 6.07) is 1.37. The number of benzene rings is 1. The van der Waals surface area contributed by atoms with E-state index in [2.05, 4.69) is 5.32 Å². The third kappa shape index (κ3) is 3.67. The van der Waals surface area contributed by atoms with Gasteiger partial charge in [0.15, 0.2) is 0 Å². The molecular weight excluding hydrogens is 360 g/mol. The van der Waals surface area contributed by atoms with Crippen LogP contribution in [0.25, 0.3) is 0 Å². The molecule has 1 saturated carbocycles. The lowest BCUT2D eigenvalue weighted by atomic mass is 9.85. The van der Waals surface area contributed by atoms with Gasteiger partial charge in [-0.2, -0.15) is 0 Å². The highest BCUT2D eigenvalue weighted by Crippen LogP contribution is 2.31. The fourth-order valence-electron chi connectivity index (χ4n) is 3.56. The molecule has 1 heterocycles. The summed E-state index contributed by atoms with van der Waals surface area (Å²) in [4.78, 5) is 50.6. The Hall–Kier alpha value is -2.84. The van der Waals surface area contributed by atoms with Crippen molar-refractivity contribution in [1.82, 2.24) is 9.80 Å². The van der Waals surface area contributed by atoms with Gasteiger partial charge in [-0.05, 0) is 30.9 Å². The Morgan fingerprint density at radius 1 is 1.15 bits per heavy atom. The smallest absolute Gasteiger partial charge is 0.322 e. The third-order valence-corrected chi connectivity index (χ3v) is 4.99. The van der Waals surface area contributed by atoms with Crippen molar-refractivity contribution in [2.75, 3.05) is 11.9 Å². The number of hydrogen-bond acceptors (Lipinski definition) is 4. The number of rotatable bonds is 4. The van der Waals surface area contributed by atoms with Crippen molar-refractivity contribution >= 4 is 29.4 Å². The van der Waals surface area contributed by atoms with E-state index in [-0.39, 0.29) is 17.6 Å². The molecule has 27 heavy (non-hydrogen) atoms. The van der Waals surface area contributed by atoms with E-state index in [9.17, 15) is 28.0 Å². The van der Waals surface area contributed by atoms with E-state index in [0.29, 0.717) is 17.4 Å². The molecule has 1 N–H and O–H groups in total.